The largest absolute Gasteiger partial charge is 0.0843 e. The highest BCUT2D eigenvalue weighted by molar-refractivity contribution is 6.30. The van der Waals surface area contributed by atoms with Crippen molar-refractivity contribution in [2.45, 2.75) is 46.5 Å². The van der Waals surface area contributed by atoms with Crippen molar-refractivity contribution in [2.24, 2.45) is 0 Å². The Balaban J connectivity index is 0.000000791. The van der Waals surface area contributed by atoms with Gasteiger partial charge in [-0.2, -0.15) is 0 Å². The number of benzene rings is 1. The first-order valence-corrected chi connectivity index (χ1v) is 5.91. The molecule has 1 aromatic carbocycles. The van der Waals surface area contributed by atoms with E-state index in [1.807, 2.05) is 26.0 Å². The van der Waals surface area contributed by atoms with Crippen LogP contribution < -0.4 is 0 Å². The van der Waals surface area contributed by atoms with Gasteiger partial charge in [-0.1, -0.05) is 51.4 Å². The molecule has 0 aliphatic heterocycles. The highest BCUT2D eigenvalue weighted by Gasteiger charge is 2.05. The maximum Gasteiger partial charge on any atom is 0.0408 e. The molecule has 0 aliphatic rings. The van der Waals surface area contributed by atoms with Crippen LogP contribution >= 0.6 is 11.6 Å². The van der Waals surface area contributed by atoms with Crippen LogP contribution in [-0.2, 0) is 0 Å². The fraction of sp³-hybridized carbons (Fsp3) is 0.538. The van der Waals surface area contributed by atoms with Crippen LogP contribution in [0.5, 0.6) is 0 Å². The molecule has 80 valence electrons. The fourth-order valence-electron chi connectivity index (χ4n) is 1.52. The van der Waals surface area contributed by atoms with E-state index < -0.39 is 0 Å². The highest BCUT2D eigenvalue weighted by atomic mass is 35.5. The third-order valence-corrected chi connectivity index (χ3v) is 2.54. The van der Waals surface area contributed by atoms with Gasteiger partial charge in [0.05, 0.1) is 0 Å². The van der Waals surface area contributed by atoms with E-state index in [0.29, 0.717) is 5.92 Å². The predicted molar refractivity (Wildman–Crippen MR) is 66.1 cm³/mol. The molecule has 0 unspecified atom stereocenters. The molecule has 0 radical (unpaired) electrons. The Morgan fingerprint density at radius 2 is 1.71 bits per heavy atom. The molecule has 0 saturated heterocycles. The smallest absolute Gasteiger partial charge is 0.0408 e. The van der Waals surface area contributed by atoms with Gasteiger partial charge in [-0.3, -0.25) is 0 Å². The summed E-state index contributed by atoms with van der Waals surface area (Å²) in [6.45, 7) is 8.43. The van der Waals surface area contributed by atoms with Crippen molar-refractivity contribution in [1.29, 1.82) is 0 Å². The first-order chi connectivity index (χ1) is 6.77. The van der Waals surface area contributed by atoms with Crippen LogP contribution in [0.15, 0.2) is 24.3 Å². The molecule has 1 aromatic rings. The molecule has 0 aliphatic carbocycles. The van der Waals surface area contributed by atoms with Gasteiger partial charge in [-0.15, -0.1) is 0 Å². The Bertz CT molecular complexity index is 239. The molecule has 0 N–H and O–H groups in total. The standard InChI is InChI=1S/C11H15Cl.C2H6/c1-3-9(4-2)10-6-5-7-11(12)8-10;1-2/h5-9H,3-4H2,1-2H3;1-2H3. The summed E-state index contributed by atoms with van der Waals surface area (Å²) >= 11 is 5.90. The number of halogens is 1. The van der Waals surface area contributed by atoms with Crippen LogP contribution in [0.2, 0.25) is 5.02 Å². The Morgan fingerprint density at radius 3 is 2.14 bits per heavy atom. The van der Waals surface area contributed by atoms with Crippen molar-refractivity contribution >= 4 is 11.6 Å². The van der Waals surface area contributed by atoms with E-state index in [-0.39, 0.29) is 0 Å². The topological polar surface area (TPSA) is 0 Å². The molecule has 0 bridgehead atoms. The molecule has 0 nitrogen and oxygen atoms in total. The third kappa shape index (κ3) is 4.15. The summed E-state index contributed by atoms with van der Waals surface area (Å²) in [6, 6.07) is 8.17. The average Bonchev–Trinajstić information content (AvgIpc) is 2.23. The number of hydrogen-bond acceptors (Lipinski definition) is 0. The van der Waals surface area contributed by atoms with Gasteiger partial charge >= 0.3 is 0 Å². The number of hydrogen-bond donors (Lipinski definition) is 0. The van der Waals surface area contributed by atoms with Crippen molar-refractivity contribution < 1.29 is 0 Å². The van der Waals surface area contributed by atoms with Crippen LogP contribution in [0.1, 0.15) is 52.0 Å². The molecule has 1 heteroatoms. The minimum atomic E-state index is 0.670. The lowest BCUT2D eigenvalue weighted by molar-refractivity contribution is 0.642. The van der Waals surface area contributed by atoms with Gasteiger partial charge in [0.25, 0.3) is 0 Å². The quantitative estimate of drug-likeness (QED) is 0.641. The Labute approximate surface area is 93.3 Å². The molecule has 14 heavy (non-hydrogen) atoms. The Morgan fingerprint density at radius 1 is 1.14 bits per heavy atom. The maximum atomic E-state index is 5.90. The summed E-state index contributed by atoms with van der Waals surface area (Å²) in [5.74, 6) is 0.670. The first-order valence-electron chi connectivity index (χ1n) is 5.53. The maximum absolute atomic E-state index is 5.90. The Hall–Kier alpha value is -0.490. The van der Waals surface area contributed by atoms with E-state index in [9.17, 15) is 0 Å². The van der Waals surface area contributed by atoms with E-state index in [1.54, 1.807) is 0 Å². The van der Waals surface area contributed by atoms with Crippen molar-refractivity contribution in [2.75, 3.05) is 0 Å². The summed E-state index contributed by atoms with van der Waals surface area (Å²) in [4.78, 5) is 0. The van der Waals surface area contributed by atoms with Gasteiger partial charge in [0.1, 0.15) is 0 Å². The van der Waals surface area contributed by atoms with Crippen molar-refractivity contribution in [3.63, 3.8) is 0 Å². The summed E-state index contributed by atoms with van der Waals surface area (Å²) < 4.78 is 0. The number of rotatable bonds is 3. The lowest BCUT2D eigenvalue weighted by Gasteiger charge is -2.12. The molecule has 0 saturated carbocycles. The monoisotopic (exact) mass is 212 g/mol. The van der Waals surface area contributed by atoms with E-state index in [4.69, 9.17) is 11.6 Å². The second-order valence-corrected chi connectivity index (χ2v) is 3.50. The second kappa shape index (κ2) is 7.87. The molecular weight excluding hydrogens is 192 g/mol. The minimum absolute atomic E-state index is 0.670. The normalized spacial score (nSPS) is 9.57. The van der Waals surface area contributed by atoms with E-state index >= 15 is 0 Å². The van der Waals surface area contributed by atoms with Crippen molar-refractivity contribution in [1.82, 2.24) is 0 Å². The average molecular weight is 213 g/mol. The van der Waals surface area contributed by atoms with Gasteiger partial charge in [0.2, 0.25) is 0 Å². The van der Waals surface area contributed by atoms with Crippen molar-refractivity contribution in [3.05, 3.63) is 34.9 Å². The second-order valence-electron chi connectivity index (χ2n) is 3.07. The van der Waals surface area contributed by atoms with Gasteiger partial charge in [-0.05, 0) is 36.5 Å². The van der Waals surface area contributed by atoms with E-state index in [1.165, 1.54) is 18.4 Å². The zero-order chi connectivity index (χ0) is 11.0. The molecule has 0 amide bonds. The van der Waals surface area contributed by atoms with Crippen LogP contribution in [0.4, 0.5) is 0 Å². The van der Waals surface area contributed by atoms with Crippen molar-refractivity contribution in [3.8, 4) is 0 Å². The predicted octanol–water partition coefficient (Wildman–Crippen LogP) is 5.27. The van der Waals surface area contributed by atoms with Crippen LogP contribution in [0, 0.1) is 0 Å². The van der Waals surface area contributed by atoms with E-state index in [0.717, 1.165) is 5.02 Å². The Kier molecular flexibility index (Phi) is 7.60. The minimum Gasteiger partial charge on any atom is -0.0843 e. The molecule has 0 spiro atoms. The van der Waals surface area contributed by atoms with Gasteiger partial charge < -0.3 is 0 Å². The first kappa shape index (κ1) is 13.5. The van der Waals surface area contributed by atoms with Crippen LogP contribution in [-0.4, -0.2) is 0 Å². The van der Waals surface area contributed by atoms with Crippen LogP contribution in [0.3, 0.4) is 0 Å². The highest BCUT2D eigenvalue weighted by Crippen LogP contribution is 2.24. The molecule has 0 fully saturated rings. The van der Waals surface area contributed by atoms with Gasteiger partial charge in [-0.25, -0.2) is 0 Å². The zero-order valence-electron chi connectivity index (χ0n) is 9.68. The zero-order valence-corrected chi connectivity index (χ0v) is 10.4. The molecule has 0 atom stereocenters. The third-order valence-electron chi connectivity index (χ3n) is 2.31. The summed E-state index contributed by atoms with van der Waals surface area (Å²) in [5.41, 5.74) is 1.37. The van der Waals surface area contributed by atoms with Gasteiger partial charge in [0, 0.05) is 5.02 Å². The van der Waals surface area contributed by atoms with E-state index in [2.05, 4.69) is 26.0 Å². The summed E-state index contributed by atoms with van der Waals surface area (Å²) in [6.07, 6.45) is 2.38. The van der Waals surface area contributed by atoms with Gasteiger partial charge in [0.15, 0.2) is 0 Å². The SMILES string of the molecule is CC.CCC(CC)c1cccc(Cl)c1. The summed E-state index contributed by atoms with van der Waals surface area (Å²) in [5, 5.41) is 0.847. The molecular formula is C13H21Cl. The van der Waals surface area contributed by atoms with Crippen LogP contribution in [0.25, 0.3) is 0 Å². The molecule has 0 heterocycles. The lowest BCUT2D eigenvalue weighted by Crippen LogP contribution is -1.94. The lowest BCUT2D eigenvalue weighted by atomic mass is 9.94. The fourth-order valence-corrected chi connectivity index (χ4v) is 1.72. The summed E-state index contributed by atoms with van der Waals surface area (Å²) in [7, 11) is 0. The molecule has 1 rings (SSSR count). The molecule has 0 aromatic heterocycles.